The van der Waals surface area contributed by atoms with Crippen LogP contribution >= 0.6 is 15.9 Å². The van der Waals surface area contributed by atoms with E-state index in [0.29, 0.717) is 12.2 Å². The van der Waals surface area contributed by atoms with Gasteiger partial charge in [-0.05, 0) is 35.9 Å². The molecule has 2 aromatic carbocycles. The maximum atomic E-state index is 13.8. The molecule has 0 saturated heterocycles. The Balaban J connectivity index is 1.76. The van der Waals surface area contributed by atoms with Gasteiger partial charge in [0.2, 0.25) is 0 Å². The van der Waals surface area contributed by atoms with Gasteiger partial charge in [-0.3, -0.25) is 4.79 Å². The summed E-state index contributed by atoms with van der Waals surface area (Å²) >= 11 is 3.38. The molecule has 0 N–H and O–H groups in total. The van der Waals surface area contributed by atoms with E-state index >= 15 is 0 Å². The molecule has 122 valence electrons. The van der Waals surface area contributed by atoms with Gasteiger partial charge in [0.15, 0.2) is 5.69 Å². The SMILES string of the molecule is CN(Cc1ccc(Br)cc1)C(=O)c1ccn(-c2ccccc2F)n1. The summed E-state index contributed by atoms with van der Waals surface area (Å²) in [6, 6.07) is 15.7. The van der Waals surface area contributed by atoms with Crippen molar-refractivity contribution in [1.82, 2.24) is 14.7 Å². The standard InChI is InChI=1S/C18H15BrFN3O/c1-22(12-13-6-8-14(19)9-7-13)18(24)16-10-11-23(21-16)17-5-3-2-4-15(17)20/h2-11H,12H2,1H3. The lowest BCUT2D eigenvalue weighted by Crippen LogP contribution is -2.26. The molecule has 0 unspecified atom stereocenters. The Kier molecular flexibility index (Phi) is 4.76. The monoisotopic (exact) mass is 387 g/mol. The van der Waals surface area contributed by atoms with E-state index in [2.05, 4.69) is 21.0 Å². The van der Waals surface area contributed by atoms with Crippen LogP contribution in [0.4, 0.5) is 4.39 Å². The molecule has 24 heavy (non-hydrogen) atoms. The molecule has 3 aromatic rings. The van der Waals surface area contributed by atoms with Crippen LogP contribution in [0.2, 0.25) is 0 Å². The highest BCUT2D eigenvalue weighted by atomic mass is 79.9. The molecule has 0 saturated carbocycles. The molecule has 0 fully saturated rings. The zero-order chi connectivity index (χ0) is 17.1. The van der Waals surface area contributed by atoms with Crippen LogP contribution in [0.25, 0.3) is 5.69 Å². The van der Waals surface area contributed by atoms with Crippen LogP contribution in [-0.4, -0.2) is 27.6 Å². The summed E-state index contributed by atoms with van der Waals surface area (Å²) < 4.78 is 16.2. The van der Waals surface area contributed by atoms with Crippen molar-refractivity contribution in [3.05, 3.63) is 82.3 Å². The van der Waals surface area contributed by atoms with E-state index in [1.165, 1.54) is 10.7 Å². The second-order valence-corrected chi connectivity index (χ2v) is 6.30. The number of rotatable bonds is 4. The van der Waals surface area contributed by atoms with Crippen LogP contribution in [0.15, 0.2) is 65.3 Å². The van der Waals surface area contributed by atoms with E-state index in [4.69, 9.17) is 0 Å². The third-order valence-corrected chi connectivity index (χ3v) is 4.12. The number of carbonyl (C=O) groups excluding carboxylic acids is 1. The van der Waals surface area contributed by atoms with Gasteiger partial charge in [0.1, 0.15) is 11.5 Å². The van der Waals surface area contributed by atoms with Gasteiger partial charge in [0.05, 0.1) is 0 Å². The number of carbonyl (C=O) groups is 1. The van der Waals surface area contributed by atoms with Crippen molar-refractivity contribution in [2.45, 2.75) is 6.54 Å². The second-order valence-electron chi connectivity index (χ2n) is 5.38. The average molecular weight is 388 g/mol. The first kappa shape index (κ1) is 16.4. The van der Waals surface area contributed by atoms with Crippen molar-refractivity contribution in [1.29, 1.82) is 0 Å². The first-order chi connectivity index (χ1) is 11.5. The maximum Gasteiger partial charge on any atom is 0.274 e. The number of benzene rings is 2. The highest BCUT2D eigenvalue weighted by molar-refractivity contribution is 9.10. The smallest absolute Gasteiger partial charge is 0.274 e. The third-order valence-electron chi connectivity index (χ3n) is 3.59. The predicted molar refractivity (Wildman–Crippen MR) is 93.5 cm³/mol. The van der Waals surface area contributed by atoms with Gasteiger partial charge in [-0.1, -0.05) is 40.2 Å². The zero-order valence-corrected chi connectivity index (χ0v) is 14.6. The fourth-order valence-corrected chi connectivity index (χ4v) is 2.61. The molecule has 0 radical (unpaired) electrons. The van der Waals surface area contributed by atoms with Gasteiger partial charge in [0.25, 0.3) is 5.91 Å². The van der Waals surface area contributed by atoms with Crippen LogP contribution < -0.4 is 0 Å². The number of para-hydroxylation sites is 1. The molecular weight excluding hydrogens is 373 g/mol. The van der Waals surface area contributed by atoms with Gasteiger partial charge >= 0.3 is 0 Å². The summed E-state index contributed by atoms with van der Waals surface area (Å²) in [6.45, 7) is 0.471. The van der Waals surface area contributed by atoms with E-state index in [1.807, 2.05) is 24.3 Å². The summed E-state index contributed by atoms with van der Waals surface area (Å²) in [7, 11) is 1.71. The Bertz CT molecular complexity index is 861. The van der Waals surface area contributed by atoms with E-state index < -0.39 is 0 Å². The Labute approximate surface area is 147 Å². The fraction of sp³-hybridized carbons (Fsp3) is 0.111. The van der Waals surface area contributed by atoms with Crippen LogP contribution in [0.5, 0.6) is 0 Å². The summed E-state index contributed by atoms with van der Waals surface area (Å²) in [5.41, 5.74) is 1.60. The fourth-order valence-electron chi connectivity index (χ4n) is 2.34. The maximum absolute atomic E-state index is 13.8. The van der Waals surface area contributed by atoms with Crippen LogP contribution in [0.1, 0.15) is 16.1 Å². The quantitative estimate of drug-likeness (QED) is 0.677. The molecule has 0 atom stereocenters. The Morgan fingerprint density at radius 1 is 1.17 bits per heavy atom. The van der Waals surface area contributed by atoms with Crippen LogP contribution in [-0.2, 0) is 6.54 Å². The average Bonchev–Trinajstić information content (AvgIpc) is 3.06. The first-order valence-electron chi connectivity index (χ1n) is 7.35. The lowest BCUT2D eigenvalue weighted by molar-refractivity contribution is 0.0779. The Morgan fingerprint density at radius 2 is 1.88 bits per heavy atom. The van der Waals surface area contributed by atoms with Gasteiger partial charge < -0.3 is 4.90 Å². The van der Waals surface area contributed by atoms with Crippen molar-refractivity contribution in [2.24, 2.45) is 0 Å². The summed E-state index contributed by atoms with van der Waals surface area (Å²) in [6.07, 6.45) is 1.58. The summed E-state index contributed by atoms with van der Waals surface area (Å²) in [4.78, 5) is 14.1. The van der Waals surface area contributed by atoms with E-state index in [9.17, 15) is 9.18 Å². The van der Waals surface area contributed by atoms with Gasteiger partial charge in [0, 0.05) is 24.3 Å². The summed E-state index contributed by atoms with van der Waals surface area (Å²) in [5.74, 6) is -0.601. The van der Waals surface area contributed by atoms with Crippen molar-refractivity contribution >= 4 is 21.8 Å². The highest BCUT2D eigenvalue weighted by Crippen LogP contribution is 2.15. The van der Waals surface area contributed by atoms with Crippen LogP contribution in [0, 0.1) is 5.82 Å². The number of hydrogen-bond donors (Lipinski definition) is 0. The molecule has 0 bridgehead atoms. The molecule has 3 rings (SSSR count). The molecule has 0 aliphatic carbocycles. The normalized spacial score (nSPS) is 10.6. The molecule has 1 aromatic heterocycles. The molecule has 1 amide bonds. The van der Waals surface area contributed by atoms with Gasteiger partial charge in [-0.15, -0.1) is 0 Å². The molecule has 6 heteroatoms. The van der Waals surface area contributed by atoms with Crippen molar-refractivity contribution in [3.8, 4) is 5.69 Å². The first-order valence-corrected chi connectivity index (χ1v) is 8.14. The number of hydrogen-bond acceptors (Lipinski definition) is 2. The molecule has 0 spiro atoms. The molecule has 0 aliphatic heterocycles. The number of nitrogens with zero attached hydrogens (tertiary/aromatic N) is 3. The van der Waals surface area contributed by atoms with Crippen molar-refractivity contribution in [3.63, 3.8) is 0 Å². The van der Waals surface area contributed by atoms with Crippen molar-refractivity contribution < 1.29 is 9.18 Å². The minimum absolute atomic E-state index is 0.215. The topological polar surface area (TPSA) is 38.1 Å². The minimum Gasteiger partial charge on any atom is -0.336 e. The highest BCUT2D eigenvalue weighted by Gasteiger charge is 2.16. The largest absolute Gasteiger partial charge is 0.336 e. The van der Waals surface area contributed by atoms with E-state index in [0.717, 1.165) is 10.0 Å². The zero-order valence-electron chi connectivity index (χ0n) is 13.0. The number of aromatic nitrogens is 2. The molecule has 0 aliphatic rings. The van der Waals surface area contributed by atoms with E-state index in [-0.39, 0.29) is 17.4 Å². The Hall–Kier alpha value is -2.47. The van der Waals surface area contributed by atoms with Gasteiger partial charge in [-0.25, -0.2) is 9.07 Å². The predicted octanol–water partition coefficient (Wildman–Crippen LogP) is 4.05. The third kappa shape index (κ3) is 3.54. The Morgan fingerprint density at radius 3 is 2.58 bits per heavy atom. The molecule has 4 nitrogen and oxygen atoms in total. The molecule has 1 heterocycles. The van der Waals surface area contributed by atoms with E-state index in [1.54, 1.807) is 42.4 Å². The van der Waals surface area contributed by atoms with Crippen LogP contribution in [0.3, 0.4) is 0 Å². The lowest BCUT2D eigenvalue weighted by Gasteiger charge is -2.16. The summed E-state index contributed by atoms with van der Waals surface area (Å²) in [5, 5.41) is 4.20. The lowest BCUT2D eigenvalue weighted by atomic mass is 10.2. The van der Waals surface area contributed by atoms with Gasteiger partial charge in [-0.2, -0.15) is 5.10 Å². The molecular formula is C18H15BrFN3O. The number of amides is 1. The minimum atomic E-state index is -0.386. The number of halogens is 2. The van der Waals surface area contributed by atoms with Crippen molar-refractivity contribution in [2.75, 3.05) is 7.05 Å². The second kappa shape index (κ2) is 6.97.